The molecule has 6 nitrogen and oxygen atoms in total. The number of ether oxygens (including phenoxy) is 1. The molecular formula is C18H28N2O4S. The van der Waals surface area contributed by atoms with Gasteiger partial charge in [0.05, 0.1) is 18.3 Å². The Labute approximate surface area is 150 Å². The number of nitrogens with zero attached hydrogens (tertiary/aromatic N) is 1. The second-order valence-electron chi connectivity index (χ2n) is 6.53. The zero-order chi connectivity index (χ0) is 18.3. The molecule has 0 aliphatic carbocycles. The molecule has 140 valence electrons. The van der Waals surface area contributed by atoms with E-state index in [9.17, 15) is 13.2 Å². The van der Waals surface area contributed by atoms with E-state index < -0.39 is 10.0 Å². The van der Waals surface area contributed by atoms with E-state index in [4.69, 9.17) is 4.74 Å². The molecule has 1 aromatic rings. The first kappa shape index (κ1) is 19.9. The number of carbonyl (C=O) groups is 1. The van der Waals surface area contributed by atoms with Gasteiger partial charge in [-0.2, -0.15) is 0 Å². The molecule has 2 atom stereocenters. The average molecular weight is 368 g/mol. The molecule has 1 fully saturated rings. The van der Waals surface area contributed by atoms with Crippen molar-refractivity contribution < 1.29 is 17.9 Å². The number of hydrogen-bond acceptors (Lipinski definition) is 4. The third kappa shape index (κ3) is 6.41. The topological polar surface area (TPSA) is 75.7 Å². The van der Waals surface area contributed by atoms with Crippen LogP contribution in [0.15, 0.2) is 30.3 Å². The van der Waals surface area contributed by atoms with E-state index in [0.29, 0.717) is 19.7 Å². The second-order valence-corrected chi connectivity index (χ2v) is 8.51. The lowest BCUT2D eigenvalue weighted by Gasteiger charge is -2.30. The van der Waals surface area contributed by atoms with E-state index >= 15 is 0 Å². The van der Waals surface area contributed by atoms with Crippen LogP contribution < -0.4 is 5.32 Å². The van der Waals surface area contributed by atoms with Crippen molar-refractivity contribution in [2.45, 2.75) is 32.3 Å². The zero-order valence-electron chi connectivity index (χ0n) is 15.0. The first-order chi connectivity index (χ1) is 11.9. The normalized spacial score (nSPS) is 20.2. The van der Waals surface area contributed by atoms with E-state index in [0.717, 1.165) is 24.8 Å². The van der Waals surface area contributed by atoms with Crippen LogP contribution in [0, 0.1) is 5.92 Å². The molecule has 0 spiro atoms. The number of nitrogens with one attached hydrogen (secondary N) is 1. The maximum Gasteiger partial charge on any atom is 0.224 e. The van der Waals surface area contributed by atoms with Gasteiger partial charge in [-0.3, -0.25) is 4.79 Å². The lowest BCUT2D eigenvalue weighted by atomic mass is 9.99. The molecular weight excluding hydrogens is 340 g/mol. The quantitative estimate of drug-likeness (QED) is 0.712. The van der Waals surface area contributed by atoms with Crippen LogP contribution >= 0.6 is 0 Å². The van der Waals surface area contributed by atoms with Crippen molar-refractivity contribution in [2.75, 3.05) is 32.5 Å². The van der Waals surface area contributed by atoms with Crippen molar-refractivity contribution in [3.05, 3.63) is 35.9 Å². The van der Waals surface area contributed by atoms with Crippen LogP contribution in [-0.4, -0.2) is 51.1 Å². The monoisotopic (exact) mass is 368 g/mol. The maximum atomic E-state index is 12.2. The van der Waals surface area contributed by atoms with Crippen LogP contribution in [0.5, 0.6) is 0 Å². The van der Waals surface area contributed by atoms with E-state index in [1.54, 1.807) is 0 Å². The van der Waals surface area contributed by atoms with E-state index in [2.05, 4.69) is 5.32 Å². The molecule has 2 rings (SSSR count). The van der Waals surface area contributed by atoms with Crippen LogP contribution in [0.25, 0.3) is 0 Å². The number of amides is 1. The van der Waals surface area contributed by atoms with Gasteiger partial charge in [-0.15, -0.1) is 0 Å². The summed E-state index contributed by atoms with van der Waals surface area (Å²) in [5, 5.41) is 2.90. The Morgan fingerprint density at radius 3 is 2.76 bits per heavy atom. The minimum atomic E-state index is -3.22. The molecule has 0 bridgehead atoms. The fourth-order valence-corrected chi connectivity index (χ4v) is 3.88. The van der Waals surface area contributed by atoms with Gasteiger partial charge >= 0.3 is 0 Å². The number of sulfonamides is 1. The molecule has 0 radical (unpaired) electrons. The molecule has 0 aromatic heterocycles. The first-order valence-corrected chi connectivity index (χ1v) is 10.6. The van der Waals surface area contributed by atoms with E-state index in [-0.39, 0.29) is 24.5 Å². The summed E-state index contributed by atoms with van der Waals surface area (Å²) in [6.07, 6.45) is 3.41. The molecule has 1 amide bonds. The zero-order valence-corrected chi connectivity index (χ0v) is 15.8. The maximum absolute atomic E-state index is 12.2. The highest BCUT2D eigenvalue weighted by Crippen LogP contribution is 2.19. The molecule has 1 aromatic carbocycles. The number of carbonyl (C=O) groups excluding carboxylic acids is 1. The molecule has 25 heavy (non-hydrogen) atoms. The summed E-state index contributed by atoms with van der Waals surface area (Å²) in [6.45, 7) is 3.90. The fraction of sp³-hybridized carbons (Fsp3) is 0.611. The Hall–Kier alpha value is -1.44. The van der Waals surface area contributed by atoms with Crippen molar-refractivity contribution >= 4 is 15.9 Å². The molecule has 1 N–H and O–H groups in total. The third-order valence-corrected chi connectivity index (χ3v) is 5.75. The SMILES string of the molecule is C[C@H](OCCCNC(=O)[C@@H]1CCCN(S(C)(=O)=O)C1)c1ccccc1. The van der Waals surface area contributed by atoms with Gasteiger partial charge in [0.25, 0.3) is 0 Å². The van der Waals surface area contributed by atoms with Crippen molar-refractivity contribution in [1.82, 2.24) is 9.62 Å². The number of benzene rings is 1. The third-order valence-electron chi connectivity index (χ3n) is 4.48. The van der Waals surface area contributed by atoms with E-state index in [1.807, 2.05) is 37.3 Å². The Bertz CT molecular complexity index is 648. The summed E-state index contributed by atoms with van der Waals surface area (Å²) in [4.78, 5) is 12.2. The second kappa shape index (κ2) is 9.31. The van der Waals surface area contributed by atoms with Crippen LogP contribution in [-0.2, 0) is 19.6 Å². The summed E-state index contributed by atoms with van der Waals surface area (Å²) in [5.74, 6) is -0.322. The molecule has 1 aliphatic rings. The fourth-order valence-electron chi connectivity index (χ4n) is 2.97. The molecule has 0 unspecified atom stereocenters. The predicted molar refractivity (Wildman–Crippen MR) is 97.6 cm³/mol. The van der Waals surface area contributed by atoms with Crippen molar-refractivity contribution in [1.29, 1.82) is 0 Å². The molecule has 0 saturated carbocycles. The first-order valence-electron chi connectivity index (χ1n) is 8.77. The van der Waals surface area contributed by atoms with Gasteiger partial charge in [0, 0.05) is 26.2 Å². The summed E-state index contributed by atoms with van der Waals surface area (Å²) >= 11 is 0. The minimum Gasteiger partial charge on any atom is -0.374 e. The predicted octanol–water partition coefficient (Wildman–Crippen LogP) is 1.94. The standard InChI is InChI=1S/C18H28N2O4S/c1-15(16-8-4-3-5-9-16)24-13-7-11-19-18(21)17-10-6-12-20(14-17)25(2,22)23/h3-5,8-9,15,17H,6-7,10-14H2,1-2H3,(H,19,21)/t15-,17+/m0/s1. The minimum absolute atomic E-state index is 0.0264. The molecule has 7 heteroatoms. The van der Waals surface area contributed by atoms with Gasteiger partial charge in [0.1, 0.15) is 0 Å². The average Bonchev–Trinajstić information content (AvgIpc) is 2.61. The summed E-state index contributed by atoms with van der Waals surface area (Å²) < 4.78 is 30.4. The Balaban J connectivity index is 1.65. The Kier molecular flexibility index (Phi) is 7.40. The molecule has 1 heterocycles. The van der Waals surface area contributed by atoms with Crippen LogP contribution in [0.2, 0.25) is 0 Å². The lowest BCUT2D eigenvalue weighted by Crippen LogP contribution is -2.45. The Morgan fingerprint density at radius 1 is 1.36 bits per heavy atom. The van der Waals surface area contributed by atoms with Crippen LogP contribution in [0.4, 0.5) is 0 Å². The highest BCUT2D eigenvalue weighted by atomic mass is 32.2. The lowest BCUT2D eigenvalue weighted by molar-refractivity contribution is -0.126. The van der Waals surface area contributed by atoms with Gasteiger partial charge in [-0.25, -0.2) is 12.7 Å². The van der Waals surface area contributed by atoms with Gasteiger partial charge in [-0.1, -0.05) is 30.3 Å². The Morgan fingerprint density at radius 2 is 2.08 bits per heavy atom. The molecule has 1 aliphatic heterocycles. The van der Waals surface area contributed by atoms with E-state index in [1.165, 1.54) is 10.6 Å². The highest BCUT2D eigenvalue weighted by molar-refractivity contribution is 7.88. The smallest absolute Gasteiger partial charge is 0.224 e. The summed E-state index contributed by atoms with van der Waals surface area (Å²) in [7, 11) is -3.22. The molecule has 1 saturated heterocycles. The largest absolute Gasteiger partial charge is 0.374 e. The van der Waals surface area contributed by atoms with Crippen molar-refractivity contribution in [2.24, 2.45) is 5.92 Å². The summed E-state index contributed by atoms with van der Waals surface area (Å²) in [5.41, 5.74) is 1.13. The number of hydrogen-bond donors (Lipinski definition) is 1. The summed E-state index contributed by atoms with van der Waals surface area (Å²) in [6, 6.07) is 10.0. The van der Waals surface area contributed by atoms with Crippen LogP contribution in [0.1, 0.15) is 37.9 Å². The number of piperidine rings is 1. The van der Waals surface area contributed by atoms with Crippen LogP contribution in [0.3, 0.4) is 0 Å². The highest BCUT2D eigenvalue weighted by Gasteiger charge is 2.29. The van der Waals surface area contributed by atoms with Crippen molar-refractivity contribution in [3.8, 4) is 0 Å². The van der Waals surface area contributed by atoms with Gasteiger partial charge < -0.3 is 10.1 Å². The number of rotatable bonds is 8. The van der Waals surface area contributed by atoms with Gasteiger partial charge in [0.15, 0.2) is 0 Å². The van der Waals surface area contributed by atoms with Gasteiger partial charge in [-0.05, 0) is 31.7 Å². The van der Waals surface area contributed by atoms with Crippen molar-refractivity contribution in [3.63, 3.8) is 0 Å². The van der Waals surface area contributed by atoms with Gasteiger partial charge in [0.2, 0.25) is 15.9 Å².